The summed E-state index contributed by atoms with van der Waals surface area (Å²) < 4.78 is 39.6. The van der Waals surface area contributed by atoms with Crippen molar-refractivity contribution in [3.05, 3.63) is 23.5 Å². The van der Waals surface area contributed by atoms with Crippen molar-refractivity contribution in [1.29, 1.82) is 0 Å². The molecule has 0 spiro atoms. The minimum absolute atomic E-state index is 0.124. The smallest absolute Gasteiger partial charge is 0.244 e. The van der Waals surface area contributed by atoms with Crippen molar-refractivity contribution in [1.82, 2.24) is 10.0 Å². The van der Waals surface area contributed by atoms with E-state index >= 15 is 0 Å². The number of nitrogen functional groups attached to an aromatic ring is 1. The molecular weight excluding hydrogens is 273 g/mol. The van der Waals surface area contributed by atoms with Gasteiger partial charge in [0.25, 0.3) is 0 Å². The van der Waals surface area contributed by atoms with Crippen molar-refractivity contribution in [3.63, 3.8) is 0 Å². The van der Waals surface area contributed by atoms with Gasteiger partial charge in [-0.25, -0.2) is 17.5 Å². The molecule has 8 heteroatoms. The molecule has 0 unspecified atom stereocenters. The number of carbonyl (C=O) groups excluding carboxylic acids is 1. The number of carbonyl (C=O) groups is 1. The standard InChI is InChI=1S/C11H16FN3O3S/c1-3-14-10(16)6-15-19(17,18)9-5-8(13)4-7(2)11(9)12/h4-5,15H,3,6,13H2,1-2H3,(H,14,16). The third-order valence-electron chi connectivity index (χ3n) is 2.33. The lowest BCUT2D eigenvalue weighted by Gasteiger charge is -2.10. The summed E-state index contributed by atoms with van der Waals surface area (Å²) >= 11 is 0. The Kier molecular flexibility index (Phi) is 4.84. The van der Waals surface area contributed by atoms with Crippen LogP contribution in [0.15, 0.2) is 17.0 Å². The van der Waals surface area contributed by atoms with E-state index in [1.54, 1.807) is 6.92 Å². The maximum Gasteiger partial charge on any atom is 0.244 e. The molecule has 0 fully saturated rings. The van der Waals surface area contributed by atoms with Gasteiger partial charge in [-0.3, -0.25) is 4.79 Å². The number of rotatable bonds is 5. The van der Waals surface area contributed by atoms with Gasteiger partial charge in [0.15, 0.2) is 0 Å². The molecule has 0 aliphatic rings. The second-order valence-electron chi connectivity index (χ2n) is 3.93. The molecule has 0 bridgehead atoms. The molecule has 1 rings (SSSR count). The molecule has 4 N–H and O–H groups in total. The van der Waals surface area contributed by atoms with Crippen LogP contribution in [-0.4, -0.2) is 27.4 Å². The largest absolute Gasteiger partial charge is 0.399 e. The summed E-state index contributed by atoms with van der Waals surface area (Å²) in [6, 6.07) is 2.35. The summed E-state index contributed by atoms with van der Waals surface area (Å²) in [6.45, 7) is 3.04. The first-order chi connectivity index (χ1) is 8.77. The third-order valence-corrected chi connectivity index (χ3v) is 3.73. The maximum absolute atomic E-state index is 13.8. The van der Waals surface area contributed by atoms with Gasteiger partial charge in [0.2, 0.25) is 15.9 Å². The van der Waals surface area contributed by atoms with E-state index in [1.165, 1.54) is 13.0 Å². The summed E-state index contributed by atoms with van der Waals surface area (Å²) in [5, 5.41) is 2.42. The Morgan fingerprint density at radius 2 is 2.05 bits per heavy atom. The monoisotopic (exact) mass is 289 g/mol. The number of nitrogens with two attached hydrogens (primary N) is 1. The number of sulfonamides is 1. The van der Waals surface area contributed by atoms with E-state index in [4.69, 9.17) is 5.73 Å². The van der Waals surface area contributed by atoms with Crippen LogP contribution in [0.3, 0.4) is 0 Å². The van der Waals surface area contributed by atoms with Crippen LogP contribution < -0.4 is 15.8 Å². The Morgan fingerprint density at radius 3 is 2.63 bits per heavy atom. The van der Waals surface area contributed by atoms with Crippen LogP contribution in [0, 0.1) is 12.7 Å². The number of nitrogens with one attached hydrogen (secondary N) is 2. The lowest BCUT2D eigenvalue weighted by atomic mass is 10.2. The van der Waals surface area contributed by atoms with E-state index in [0.29, 0.717) is 6.54 Å². The number of hydrogen-bond donors (Lipinski definition) is 3. The van der Waals surface area contributed by atoms with E-state index in [2.05, 4.69) is 5.32 Å². The fourth-order valence-corrected chi connectivity index (χ4v) is 2.62. The van der Waals surface area contributed by atoms with Crippen LogP contribution in [0.4, 0.5) is 10.1 Å². The van der Waals surface area contributed by atoms with Gasteiger partial charge in [-0.1, -0.05) is 0 Å². The summed E-state index contributed by atoms with van der Waals surface area (Å²) in [5.41, 5.74) is 5.75. The first kappa shape index (κ1) is 15.4. The van der Waals surface area contributed by atoms with E-state index < -0.39 is 33.2 Å². The predicted molar refractivity (Wildman–Crippen MR) is 69.4 cm³/mol. The van der Waals surface area contributed by atoms with Gasteiger partial charge in [0, 0.05) is 12.2 Å². The zero-order valence-electron chi connectivity index (χ0n) is 10.7. The highest BCUT2D eigenvalue weighted by molar-refractivity contribution is 7.89. The van der Waals surface area contributed by atoms with Crippen molar-refractivity contribution < 1.29 is 17.6 Å². The number of halogens is 1. The van der Waals surface area contributed by atoms with Crippen molar-refractivity contribution in [2.45, 2.75) is 18.7 Å². The van der Waals surface area contributed by atoms with Gasteiger partial charge in [0.1, 0.15) is 10.7 Å². The summed E-state index contributed by atoms with van der Waals surface area (Å²) in [4.78, 5) is 10.6. The molecule has 6 nitrogen and oxygen atoms in total. The summed E-state index contributed by atoms with van der Waals surface area (Å²) in [6.07, 6.45) is 0. The second-order valence-corrected chi connectivity index (χ2v) is 5.66. The molecule has 0 radical (unpaired) electrons. The Balaban J connectivity index is 2.98. The van der Waals surface area contributed by atoms with Crippen molar-refractivity contribution in [3.8, 4) is 0 Å². The number of benzene rings is 1. The van der Waals surface area contributed by atoms with Crippen molar-refractivity contribution in [2.75, 3.05) is 18.8 Å². The topological polar surface area (TPSA) is 101 Å². The molecule has 1 aromatic carbocycles. The van der Waals surface area contributed by atoms with E-state index in [-0.39, 0.29) is 11.3 Å². The van der Waals surface area contributed by atoms with Crippen LogP contribution in [-0.2, 0) is 14.8 Å². The molecular formula is C11H16FN3O3S. The molecule has 19 heavy (non-hydrogen) atoms. The number of aryl methyl sites for hydroxylation is 1. The highest BCUT2D eigenvalue weighted by Gasteiger charge is 2.21. The summed E-state index contributed by atoms with van der Waals surface area (Å²) in [7, 11) is -4.12. The fraction of sp³-hybridized carbons (Fsp3) is 0.364. The minimum Gasteiger partial charge on any atom is -0.399 e. The van der Waals surface area contributed by atoms with Crippen LogP contribution in [0.5, 0.6) is 0 Å². The number of anilines is 1. The molecule has 1 aromatic rings. The Hall–Kier alpha value is -1.67. The normalized spacial score (nSPS) is 11.3. The highest BCUT2D eigenvalue weighted by Crippen LogP contribution is 2.21. The first-order valence-electron chi connectivity index (χ1n) is 5.60. The van der Waals surface area contributed by atoms with Crippen LogP contribution in [0.25, 0.3) is 0 Å². The zero-order chi connectivity index (χ0) is 14.6. The molecule has 0 aromatic heterocycles. The van der Waals surface area contributed by atoms with Gasteiger partial charge in [-0.2, -0.15) is 0 Å². The lowest BCUT2D eigenvalue weighted by molar-refractivity contribution is -0.119. The molecule has 0 atom stereocenters. The minimum atomic E-state index is -4.12. The zero-order valence-corrected chi connectivity index (χ0v) is 11.5. The SMILES string of the molecule is CCNC(=O)CNS(=O)(=O)c1cc(N)cc(C)c1F. The maximum atomic E-state index is 13.8. The second kappa shape index (κ2) is 5.98. The van der Waals surface area contributed by atoms with Gasteiger partial charge < -0.3 is 11.1 Å². The molecule has 0 saturated heterocycles. The van der Waals surface area contributed by atoms with E-state index in [0.717, 1.165) is 6.07 Å². The number of hydrogen-bond acceptors (Lipinski definition) is 4. The van der Waals surface area contributed by atoms with Gasteiger partial charge >= 0.3 is 0 Å². The van der Waals surface area contributed by atoms with Crippen molar-refractivity contribution >= 4 is 21.6 Å². The molecule has 1 amide bonds. The lowest BCUT2D eigenvalue weighted by Crippen LogP contribution is -2.37. The van der Waals surface area contributed by atoms with Gasteiger partial charge in [0.05, 0.1) is 6.54 Å². The molecule has 106 valence electrons. The Bertz CT molecular complexity index is 587. The molecule has 0 aliphatic heterocycles. The summed E-state index contributed by atoms with van der Waals surface area (Å²) in [5.74, 6) is -1.37. The van der Waals surface area contributed by atoms with Crippen molar-refractivity contribution in [2.24, 2.45) is 0 Å². The van der Waals surface area contributed by atoms with Gasteiger partial charge in [-0.15, -0.1) is 0 Å². The van der Waals surface area contributed by atoms with E-state index in [1.807, 2.05) is 4.72 Å². The molecule has 0 aliphatic carbocycles. The third kappa shape index (κ3) is 3.90. The average molecular weight is 289 g/mol. The van der Waals surface area contributed by atoms with Crippen LogP contribution in [0.2, 0.25) is 0 Å². The number of amides is 1. The quantitative estimate of drug-likeness (QED) is 0.671. The van der Waals surface area contributed by atoms with E-state index in [9.17, 15) is 17.6 Å². The Labute approximate surface area is 111 Å². The predicted octanol–water partition coefficient (Wildman–Crippen LogP) is 0.131. The number of likely N-dealkylation sites (N-methyl/N-ethyl adjacent to an activating group) is 1. The average Bonchev–Trinajstić information content (AvgIpc) is 2.31. The van der Waals surface area contributed by atoms with Gasteiger partial charge in [-0.05, 0) is 31.5 Å². The van der Waals surface area contributed by atoms with Crippen LogP contribution >= 0.6 is 0 Å². The molecule has 0 saturated carbocycles. The molecule has 0 heterocycles. The first-order valence-corrected chi connectivity index (χ1v) is 7.08. The van der Waals surface area contributed by atoms with Crippen LogP contribution in [0.1, 0.15) is 12.5 Å². The fourth-order valence-electron chi connectivity index (χ4n) is 1.46. The Morgan fingerprint density at radius 1 is 1.42 bits per heavy atom. The highest BCUT2D eigenvalue weighted by atomic mass is 32.2.